The van der Waals surface area contributed by atoms with E-state index in [1.54, 1.807) is 6.34 Å². The number of morpholine rings is 1. The molecule has 1 amide bonds. The molecule has 2 aromatic rings. The van der Waals surface area contributed by atoms with Gasteiger partial charge in [0, 0.05) is 50.6 Å². The lowest BCUT2D eigenvalue weighted by atomic mass is 9.96. The SMILES string of the molecule is Cc1nc(N2C=NN=CCC2C)ccc1CC(=O)N1CCN2CC(c3cccc(C#N)c3C)OCC2C1. The highest BCUT2D eigenvalue weighted by molar-refractivity contribution is 5.82. The number of rotatable bonds is 4. The molecule has 5 rings (SSSR count). The van der Waals surface area contributed by atoms with Crippen LogP contribution in [0, 0.1) is 25.2 Å². The van der Waals surface area contributed by atoms with E-state index >= 15 is 0 Å². The molecular weight excluding hydrogens is 466 g/mol. The lowest BCUT2D eigenvalue weighted by Gasteiger charge is -2.46. The van der Waals surface area contributed by atoms with Crippen molar-refractivity contribution in [2.45, 2.75) is 51.8 Å². The maximum Gasteiger partial charge on any atom is 0.227 e. The molecule has 3 atom stereocenters. The van der Waals surface area contributed by atoms with Crippen LogP contribution in [0.2, 0.25) is 0 Å². The van der Waals surface area contributed by atoms with Gasteiger partial charge in [-0.1, -0.05) is 18.2 Å². The fourth-order valence-corrected chi connectivity index (χ4v) is 5.35. The van der Waals surface area contributed by atoms with E-state index in [1.165, 1.54) is 0 Å². The van der Waals surface area contributed by atoms with Crippen LogP contribution in [0.25, 0.3) is 0 Å². The number of fused-ring (bicyclic) bond motifs is 1. The van der Waals surface area contributed by atoms with Gasteiger partial charge in [0.1, 0.15) is 12.2 Å². The van der Waals surface area contributed by atoms with Gasteiger partial charge in [-0.15, -0.1) is 5.10 Å². The van der Waals surface area contributed by atoms with Crippen LogP contribution in [0.5, 0.6) is 0 Å². The average molecular weight is 500 g/mol. The summed E-state index contributed by atoms with van der Waals surface area (Å²) in [4.78, 5) is 24.4. The maximum atomic E-state index is 13.2. The summed E-state index contributed by atoms with van der Waals surface area (Å²) in [6.45, 7) is 9.57. The number of piperazine rings is 1. The number of amides is 1. The highest BCUT2D eigenvalue weighted by Crippen LogP contribution is 2.30. The predicted octanol–water partition coefficient (Wildman–Crippen LogP) is 3.01. The number of aromatic nitrogens is 1. The molecule has 2 fully saturated rings. The fourth-order valence-electron chi connectivity index (χ4n) is 5.35. The fraction of sp³-hybridized carbons (Fsp3) is 0.464. The second-order valence-electron chi connectivity index (χ2n) is 10.1. The third-order valence-corrected chi connectivity index (χ3v) is 7.72. The summed E-state index contributed by atoms with van der Waals surface area (Å²) in [5.74, 6) is 0.934. The van der Waals surface area contributed by atoms with Gasteiger partial charge >= 0.3 is 0 Å². The summed E-state index contributed by atoms with van der Waals surface area (Å²) in [6, 6.07) is 12.4. The molecule has 1 aromatic heterocycles. The van der Waals surface area contributed by atoms with Gasteiger partial charge in [-0.25, -0.2) is 4.98 Å². The zero-order valence-electron chi connectivity index (χ0n) is 21.7. The summed E-state index contributed by atoms with van der Waals surface area (Å²) in [7, 11) is 0. The molecule has 37 heavy (non-hydrogen) atoms. The molecule has 9 nitrogen and oxygen atoms in total. The van der Waals surface area contributed by atoms with Crippen molar-refractivity contribution in [3.8, 4) is 6.07 Å². The third kappa shape index (κ3) is 5.26. The first kappa shape index (κ1) is 25.1. The molecule has 4 heterocycles. The molecule has 0 radical (unpaired) electrons. The van der Waals surface area contributed by atoms with Crippen LogP contribution in [-0.4, -0.2) is 78.1 Å². The van der Waals surface area contributed by atoms with Crippen LogP contribution in [-0.2, 0) is 16.0 Å². The van der Waals surface area contributed by atoms with Crippen LogP contribution in [0.1, 0.15) is 47.4 Å². The number of anilines is 1. The number of benzene rings is 1. The summed E-state index contributed by atoms with van der Waals surface area (Å²) in [6.07, 6.45) is 4.60. The van der Waals surface area contributed by atoms with E-state index in [9.17, 15) is 10.1 Å². The molecule has 0 bridgehead atoms. The van der Waals surface area contributed by atoms with Crippen molar-refractivity contribution in [3.05, 3.63) is 58.3 Å². The van der Waals surface area contributed by atoms with E-state index < -0.39 is 0 Å². The second-order valence-corrected chi connectivity index (χ2v) is 10.1. The molecule has 0 spiro atoms. The number of carbonyl (C=O) groups is 1. The molecule has 0 saturated carbocycles. The Morgan fingerprint density at radius 2 is 2.03 bits per heavy atom. The van der Waals surface area contributed by atoms with Gasteiger partial charge in [0.05, 0.1) is 36.8 Å². The quantitative estimate of drug-likeness (QED) is 0.642. The van der Waals surface area contributed by atoms with Crippen LogP contribution in [0.15, 0.2) is 40.5 Å². The summed E-state index contributed by atoms with van der Waals surface area (Å²) in [5.41, 5.74) is 4.56. The van der Waals surface area contributed by atoms with Crippen LogP contribution >= 0.6 is 0 Å². The first-order valence-electron chi connectivity index (χ1n) is 12.9. The zero-order valence-corrected chi connectivity index (χ0v) is 21.7. The van der Waals surface area contributed by atoms with Crippen molar-refractivity contribution in [2.24, 2.45) is 10.2 Å². The maximum absolute atomic E-state index is 13.2. The lowest BCUT2D eigenvalue weighted by molar-refractivity contribution is -0.139. The minimum atomic E-state index is -0.0532. The van der Waals surface area contributed by atoms with E-state index in [1.807, 2.05) is 54.1 Å². The number of hydrogen-bond acceptors (Lipinski definition) is 8. The first-order valence-corrected chi connectivity index (χ1v) is 12.9. The van der Waals surface area contributed by atoms with Crippen LogP contribution in [0.3, 0.4) is 0 Å². The lowest BCUT2D eigenvalue weighted by Crippen LogP contribution is -2.59. The Labute approximate surface area is 218 Å². The molecular formula is C28H33N7O2. The standard InChI is InChI=1S/C28H33N7O2/c1-19-9-10-30-31-18-35(19)27-8-7-22(21(3)32-27)13-28(36)34-12-11-33-16-26(37-17-24(33)15-34)25-6-4-5-23(14-29)20(25)2/h4-8,10,18-19,24,26H,9,11-13,15-17H2,1-3H3. The summed E-state index contributed by atoms with van der Waals surface area (Å²) < 4.78 is 6.24. The van der Waals surface area contributed by atoms with E-state index in [2.05, 4.69) is 34.2 Å². The topological polar surface area (TPSA) is 97.4 Å². The number of carbonyl (C=O) groups excluding carboxylic acids is 1. The Hall–Kier alpha value is -3.61. The van der Waals surface area contributed by atoms with Crippen molar-refractivity contribution in [1.82, 2.24) is 14.8 Å². The normalized spacial score (nSPS) is 23.9. The van der Waals surface area contributed by atoms with E-state index in [-0.39, 0.29) is 24.1 Å². The van der Waals surface area contributed by atoms with E-state index in [0.717, 1.165) is 47.7 Å². The molecule has 1 aromatic carbocycles. The molecule has 3 aliphatic rings. The Balaban J connectivity index is 1.20. The van der Waals surface area contributed by atoms with Crippen molar-refractivity contribution in [2.75, 3.05) is 37.7 Å². The zero-order chi connectivity index (χ0) is 25.9. The minimum absolute atomic E-state index is 0.0532. The summed E-state index contributed by atoms with van der Waals surface area (Å²) >= 11 is 0. The second kappa shape index (κ2) is 10.8. The molecule has 3 aliphatic heterocycles. The largest absolute Gasteiger partial charge is 0.370 e. The van der Waals surface area contributed by atoms with Crippen molar-refractivity contribution < 1.29 is 9.53 Å². The van der Waals surface area contributed by atoms with Gasteiger partial charge < -0.3 is 14.5 Å². The Bertz CT molecular complexity index is 1270. The van der Waals surface area contributed by atoms with Crippen molar-refractivity contribution in [1.29, 1.82) is 5.26 Å². The third-order valence-electron chi connectivity index (χ3n) is 7.72. The number of pyridine rings is 1. The molecule has 0 N–H and O–H groups in total. The monoisotopic (exact) mass is 499 g/mol. The van der Waals surface area contributed by atoms with Gasteiger partial charge in [0.2, 0.25) is 5.91 Å². The molecule has 9 heteroatoms. The number of ether oxygens (including phenoxy) is 1. The number of nitrogens with zero attached hydrogens (tertiary/aromatic N) is 7. The van der Waals surface area contributed by atoms with Gasteiger partial charge in [-0.3, -0.25) is 9.69 Å². The Kier molecular flexibility index (Phi) is 7.31. The van der Waals surface area contributed by atoms with Crippen molar-refractivity contribution >= 4 is 24.3 Å². The number of aryl methyl sites for hydroxylation is 1. The van der Waals surface area contributed by atoms with E-state index in [4.69, 9.17) is 9.72 Å². The van der Waals surface area contributed by atoms with Crippen LogP contribution in [0.4, 0.5) is 5.82 Å². The number of hydrogen-bond donors (Lipinski definition) is 0. The van der Waals surface area contributed by atoms with Gasteiger partial charge in [-0.05, 0) is 49.6 Å². The Morgan fingerprint density at radius 1 is 1.16 bits per heavy atom. The van der Waals surface area contributed by atoms with E-state index in [0.29, 0.717) is 31.7 Å². The van der Waals surface area contributed by atoms with Crippen molar-refractivity contribution in [3.63, 3.8) is 0 Å². The van der Waals surface area contributed by atoms with Gasteiger partial charge in [-0.2, -0.15) is 10.4 Å². The smallest absolute Gasteiger partial charge is 0.227 e. The Morgan fingerprint density at radius 3 is 2.84 bits per heavy atom. The molecule has 0 aliphatic carbocycles. The van der Waals surface area contributed by atoms with Crippen LogP contribution < -0.4 is 4.90 Å². The highest BCUT2D eigenvalue weighted by Gasteiger charge is 2.36. The summed E-state index contributed by atoms with van der Waals surface area (Å²) in [5, 5.41) is 17.4. The molecule has 3 unspecified atom stereocenters. The van der Waals surface area contributed by atoms with Gasteiger partial charge in [0.25, 0.3) is 0 Å². The average Bonchev–Trinajstić information content (AvgIpc) is 3.13. The number of nitriles is 1. The molecule has 2 saturated heterocycles. The minimum Gasteiger partial charge on any atom is -0.370 e. The molecule has 192 valence electrons. The first-order chi connectivity index (χ1) is 17.9. The predicted molar refractivity (Wildman–Crippen MR) is 143 cm³/mol. The van der Waals surface area contributed by atoms with Gasteiger partial charge in [0.15, 0.2) is 0 Å². The highest BCUT2D eigenvalue weighted by atomic mass is 16.5.